The third-order valence-corrected chi connectivity index (χ3v) is 1.52. The van der Waals surface area contributed by atoms with Crippen LogP contribution in [0.15, 0.2) is 67.0 Å². The van der Waals surface area contributed by atoms with Gasteiger partial charge < -0.3 is 5.73 Å². The summed E-state index contributed by atoms with van der Waals surface area (Å²) in [5.41, 5.74) is 7.35. The molecule has 2 N–H and O–H groups in total. The van der Waals surface area contributed by atoms with E-state index in [1.807, 2.05) is 0 Å². The summed E-state index contributed by atoms with van der Waals surface area (Å²) in [6.07, 6.45) is 6.83. The Balaban J connectivity index is 0. The largest absolute Gasteiger partial charge is 0.403 e. The van der Waals surface area contributed by atoms with E-state index in [2.05, 4.69) is 44.8 Å². The molecule has 0 aromatic heterocycles. The molecule has 0 aliphatic carbocycles. The lowest BCUT2D eigenvalue weighted by atomic mass is 10.2. The molecule has 0 bridgehead atoms. The van der Waals surface area contributed by atoms with Gasteiger partial charge in [-0.25, -0.2) is 0 Å². The maximum Gasteiger partial charge on any atom is 0.0624 e. The van der Waals surface area contributed by atoms with Crippen LogP contribution in [0.3, 0.4) is 0 Å². The highest BCUT2D eigenvalue weighted by molar-refractivity contribution is 5.72. The molecule has 0 spiro atoms. The van der Waals surface area contributed by atoms with E-state index in [1.54, 1.807) is 18.4 Å². The molecular weight excluding hydrogens is 196 g/mol. The maximum absolute atomic E-state index is 5.21. The molecule has 0 atom stereocenters. The highest BCUT2D eigenvalue weighted by Crippen LogP contribution is 2.05. The lowest BCUT2D eigenvalue weighted by molar-refractivity contribution is 0.897. The second-order valence-corrected chi connectivity index (χ2v) is 3.10. The lowest BCUT2D eigenvalue weighted by Crippen LogP contribution is -1.91. The third kappa shape index (κ3) is 12.2. The second-order valence-electron chi connectivity index (χ2n) is 3.10. The maximum atomic E-state index is 5.21. The number of nitrogens with two attached hydrogens (primary N) is 1. The van der Waals surface area contributed by atoms with Gasteiger partial charge in [0.1, 0.15) is 0 Å². The van der Waals surface area contributed by atoms with Crippen LogP contribution in [0.1, 0.15) is 19.8 Å². The average Bonchev–Trinajstić information content (AvgIpc) is 2.25. The van der Waals surface area contributed by atoms with Crippen LogP contribution in [-0.2, 0) is 0 Å². The molecule has 88 valence electrons. The van der Waals surface area contributed by atoms with Crippen LogP contribution >= 0.6 is 0 Å². The summed E-state index contributed by atoms with van der Waals surface area (Å²) in [5, 5.41) is 0. The molecule has 2 heteroatoms. The van der Waals surface area contributed by atoms with Crippen molar-refractivity contribution in [3.63, 3.8) is 0 Å². The minimum atomic E-state index is 0.620. The Hall–Kier alpha value is -1.83. The van der Waals surface area contributed by atoms with Crippen molar-refractivity contribution in [3.8, 4) is 0 Å². The van der Waals surface area contributed by atoms with Crippen molar-refractivity contribution in [2.45, 2.75) is 19.8 Å². The summed E-state index contributed by atoms with van der Waals surface area (Å²) < 4.78 is 0. The van der Waals surface area contributed by atoms with Crippen LogP contribution in [0.25, 0.3) is 0 Å². The van der Waals surface area contributed by atoms with E-state index in [9.17, 15) is 0 Å². The standard InChI is InChI=1S/C9H11N.C5H11N/c1-5-7-10-9(4)8(3)6-2;1-3-4-5(2)6/h5-7H,1-4H2;2-4,6H2,1H3. The Kier molecular flexibility index (Phi) is 11.7. The molecule has 0 saturated carbocycles. The number of nitrogens with zero attached hydrogens (tertiary/aromatic N) is 1. The van der Waals surface area contributed by atoms with Gasteiger partial charge >= 0.3 is 0 Å². The zero-order chi connectivity index (χ0) is 13.0. The molecule has 0 aromatic rings. The van der Waals surface area contributed by atoms with Gasteiger partial charge in [0.05, 0.1) is 5.70 Å². The molecule has 16 heavy (non-hydrogen) atoms. The van der Waals surface area contributed by atoms with Crippen molar-refractivity contribution >= 4 is 6.21 Å². The number of allylic oxidation sites excluding steroid dienone is 3. The molecule has 0 heterocycles. The van der Waals surface area contributed by atoms with Gasteiger partial charge in [0, 0.05) is 11.9 Å². The van der Waals surface area contributed by atoms with E-state index in [1.165, 1.54) is 0 Å². The SMILES string of the molecule is C=C(N)CCC.C=CC=NC(=C)C(=C)C=C. The van der Waals surface area contributed by atoms with Gasteiger partial charge in [-0.05, 0) is 12.0 Å². The average molecular weight is 218 g/mol. The summed E-state index contributed by atoms with van der Waals surface area (Å²) >= 11 is 0. The summed E-state index contributed by atoms with van der Waals surface area (Å²) in [6, 6.07) is 0. The van der Waals surface area contributed by atoms with Crippen molar-refractivity contribution in [1.29, 1.82) is 0 Å². The summed E-state index contributed by atoms with van der Waals surface area (Å²) in [5.74, 6) is 0. The molecule has 2 nitrogen and oxygen atoms in total. The highest BCUT2D eigenvalue weighted by atomic mass is 14.7. The van der Waals surface area contributed by atoms with Gasteiger partial charge in [-0.2, -0.15) is 0 Å². The molecule has 0 saturated heterocycles. The van der Waals surface area contributed by atoms with Gasteiger partial charge in [0.15, 0.2) is 0 Å². The van der Waals surface area contributed by atoms with Crippen LogP contribution in [-0.4, -0.2) is 6.21 Å². The number of aliphatic imine (C=N–C) groups is 1. The van der Waals surface area contributed by atoms with E-state index in [0.29, 0.717) is 5.70 Å². The van der Waals surface area contributed by atoms with Crippen LogP contribution in [0.5, 0.6) is 0 Å². The molecule has 0 aromatic carbocycles. The summed E-state index contributed by atoms with van der Waals surface area (Å²) in [6.45, 7) is 19.9. The molecule has 0 aliphatic rings. The van der Waals surface area contributed by atoms with E-state index in [0.717, 1.165) is 24.1 Å². The third-order valence-electron chi connectivity index (χ3n) is 1.52. The van der Waals surface area contributed by atoms with E-state index in [-0.39, 0.29) is 0 Å². The van der Waals surface area contributed by atoms with Crippen LogP contribution in [0, 0.1) is 0 Å². The van der Waals surface area contributed by atoms with Crippen LogP contribution in [0.4, 0.5) is 0 Å². The first kappa shape index (κ1) is 16.6. The monoisotopic (exact) mass is 218 g/mol. The van der Waals surface area contributed by atoms with Crippen molar-refractivity contribution in [1.82, 2.24) is 0 Å². The Bertz CT molecular complexity index is 296. The normalized spacial score (nSPS) is 8.81. The van der Waals surface area contributed by atoms with Crippen molar-refractivity contribution in [2.24, 2.45) is 10.7 Å². The summed E-state index contributed by atoms with van der Waals surface area (Å²) in [7, 11) is 0. The Morgan fingerprint density at radius 1 is 1.25 bits per heavy atom. The molecule has 0 rings (SSSR count). The number of hydrogen-bond donors (Lipinski definition) is 1. The first-order chi connectivity index (χ1) is 7.49. The minimum absolute atomic E-state index is 0.620. The fraction of sp³-hybridized carbons (Fsp3) is 0.214. The first-order valence-corrected chi connectivity index (χ1v) is 5.08. The van der Waals surface area contributed by atoms with E-state index in [4.69, 9.17) is 5.73 Å². The topological polar surface area (TPSA) is 38.4 Å². The van der Waals surface area contributed by atoms with Gasteiger partial charge in [-0.3, -0.25) is 4.99 Å². The number of hydrogen-bond acceptors (Lipinski definition) is 2. The zero-order valence-corrected chi connectivity index (χ0v) is 10.2. The first-order valence-electron chi connectivity index (χ1n) is 5.08. The van der Waals surface area contributed by atoms with E-state index < -0.39 is 0 Å². The predicted octanol–water partition coefficient (Wildman–Crippen LogP) is 3.76. The highest BCUT2D eigenvalue weighted by Gasteiger charge is 1.88. The molecule has 0 unspecified atom stereocenters. The van der Waals surface area contributed by atoms with Crippen molar-refractivity contribution in [3.05, 3.63) is 62.0 Å². The molecule has 0 radical (unpaired) electrons. The van der Waals surface area contributed by atoms with Crippen molar-refractivity contribution in [2.75, 3.05) is 0 Å². The van der Waals surface area contributed by atoms with Crippen LogP contribution < -0.4 is 5.73 Å². The Labute approximate surface area is 99.3 Å². The van der Waals surface area contributed by atoms with Gasteiger partial charge in [0.25, 0.3) is 0 Å². The fourth-order valence-corrected chi connectivity index (χ4v) is 0.665. The molecule has 0 fully saturated rings. The predicted molar refractivity (Wildman–Crippen MR) is 75.4 cm³/mol. The van der Waals surface area contributed by atoms with Gasteiger partial charge in [-0.1, -0.05) is 58.4 Å². The Morgan fingerprint density at radius 3 is 2.06 bits per heavy atom. The molecular formula is C14H22N2. The van der Waals surface area contributed by atoms with Gasteiger partial charge in [0.2, 0.25) is 0 Å². The minimum Gasteiger partial charge on any atom is -0.403 e. The fourth-order valence-electron chi connectivity index (χ4n) is 0.665. The zero-order valence-electron chi connectivity index (χ0n) is 10.2. The summed E-state index contributed by atoms with van der Waals surface area (Å²) in [4.78, 5) is 3.91. The van der Waals surface area contributed by atoms with Crippen molar-refractivity contribution < 1.29 is 0 Å². The van der Waals surface area contributed by atoms with E-state index >= 15 is 0 Å². The molecule has 0 amide bonds. The smallest absolute Gasteiger partial charge is 0.0624 e. The number of rotatable bonds is 6. The van der Waals surface area contributed by atoms with Crippen LogP contribution in [0.2, 0.25) is 0 Å². The second kappa shape index (κ2) is 11.2. The van der Waals surface area contributed by atoms with Gasteiger partial charge in [-0.15, -0.1) is 0 Å². The molecule has 0 aliphatic heterocycles. The quantitative estimate of drug-likeness (QED) is 0.535. The Morgan fingerprint density at radius 2 is 1.81 bits per heavy atom. The lowest BCUT2D eigenvalue weighted by Gasteiger charge is -1.94.